The van der Waals surface area contributed by atoms with Crippen LogP contribution in [0.4, 0.5) is 5.69 Å². The number of carbonyl (C=O) groups excluding carboxylic acids is 1. The Balaban J connectivity index is 2.27. The van der Waals surface area contributed by atoms with E-state index < -0.39 is 0 Å². The van der Waals surface area contributed by atoms with Crippen molar-refractivity contribution in [2.45, 2.75) is 20.3 Å². The number of amides is 1. The molecular weight excluding hydrogens is 218 g/mol. The first-order valence-corrected chi connectivity index (χ1v) is 6.23. The highest BCUT2D eigenvalue weighted by atomic mass is 32.1. The number of rotatable bonds is 2. The van der Waals surface area contributed by atoms with Crippen molar-refractivity contribution in [1.82, 2.24) is 0 Å². The second-order valence-corrected chi connectivity index (χ2v) is 4.97. The van der Waals surface area contributed by atoms with Crippen LogP contribution in [0.1, 0.15) is 17.5 Å². The molecule has 2 nitrogen and oxygen atoms in total. The fraction of sp³-hybridized carbons (Fsp3) is 0.462. The van der Waals surface area contributed by atoms with Gasteiger partial charge in [0.05, 0.1) is 0 Å². The van der Waals surface area contributed by atoms with Crippen molar-refractivity contribution in [2.24, 2.45) is 5.92 Å². The van der Waals surface area contributed by atoms with E-state index in [1.807, 2.05) is 4.90 Å². The largest absolute Gasteiger partial charge is 0.312 e. The molecule has 3 heteroatoms. The van der Waals surface area contributed by atoms with Crippen LogP contribution in [0.15, 0.2) is 18.2 Å². The van der Waals surface area contributed by atoms with Crippen molar-refractivity contribution in [3.63, 3.8) is 0 Å². The van der Waals surface area contributed by atoms with Gasteiger partial charge < -0.3 is 4.90 Å². The first kappa shape index (κ1) is 11.5. The molecule has 0 saturated carbocycles. The lowest BCUT2D eigenvalue weighted by Crippen LogP contribution is -2.24. The van der Waals surface area contributed by atoms with E-state index in [-0.39, 0.29) is 5.91 Å². The van der Waals surface area contributed by atoms with E-state index >= 15 is 0 Å². The Kier molecular flexibility index (Phi) is 3.24. The molecule has 0 N–H and O–H groups in total. The van der Waals surface area contributed by atoms with Crippen LogP contribution in [-0.4, -0.2) is 18.2 Å². The molecule has 1 aliphatic rings. The fourth-order valence-corrected chi connectivity index (χ4v) is 2.50. The minimum absolute atomic E-state index is 0.226. The van der Waals surface area contributed by atoms with Crippen molar-refractivity contribution in [2.75, 3.05) is 17.2 Å². The molecule has 16 heavy (non-hydrogen) atoms. The third-order valence-electron chi connectivity index (χ3n) is 2.98. The standard InChI is InChI=1S/C13H17NOS/c1-9-3-10(2)5-12(4-9)14-7-11(8-16)6-13(14)15/h3-5,11,16H,6-8H2,1-2H3. The lowest BCUT2D eigenvalue weighted by atomic mass is 10.1. The summed E-state index contributed by atoms with van der Waals surface area (Å²) in [6.07, 6.45) is 0.635. The number of thiol groups is 1. The minimum atomic E-state index is 0.226. The number of hydrogen-bond acceptors (Lipinski definition) is 2. The normalized spacial score (nSPS) is 20.6. The van der Waals surface area contributed by atoms with Crippen molar-refractivity contribution < 1.29 is 4.79 Å². The number of nitrogens with zero attached hydrogens (tertiary/aromatic N) is 1. The van der Waals surface area contributed by atoms with E-state index in [1.165, 1.54) is 11.1 Å². The molecule has 0 bridgehead atoms. The van der Waals surface area contributed by atoms with Gasteiger partial charge in [0.25, 0.3) is 0 Å². The topological polar surface area (TPSA) is 20.3 Å². The first-order chi connectivity index (χ1) is 7.60. The summed E-state index contributed by atoms with van der Waals surface area (Å²) in [5.74, 6) is 1.41. The lowest BCUT2D eigenvalue weighted by Gasteiger charge is -2.17. The summed E-state index contributed by atoms with van der Waals surface area (Å²) in [6, 6.07) is 6.28. The molecule has 0 radical (unpaired) electrons. The highest BCUT2D eigenvalue weighted by Crippen LogP contribution is 2.27. The second kappa shape index (κ2) is 4.50. The molecule has 2 rings (SSSR count). The van der Waals surface area contributed by atoms with Crippen molar-refractivity contribution >= 4 is 24.2 Å². The Morgan fingerprint density at radius 1 is 1.31 bits per heavy atom. The quantitative estimate of drug-likeness (QED) is 0.781. The van der Waals surface area contributed by atoms with Crippen molar-refractivity contribution in [3.8, 4) is 0 Å². The Morgan fingerprint density at radius 2 is 1.94 bits per heavy atom. The molecule has 1 fully saturated rings. The van der Waals surface area contributed by atoms with E-state index in [2.05, 4.69) is 44.7 Å². The van der Waals surface area contributed by atoms with Crippen molar-refractivity contribution in [3.05, 3.63) is 29.3 Å². The van der Waals surface area contributed by atoms with Gasteiger partial charge >= 0.3 is 0 Å². The summed E-state index contributed by atoms with van der Waals surface area (Å²) in [4.78, 5) is 13.7. The van der Waals surface area contributed by atoms with Gasteiger partial charge in [-0.3, -0.25) is 4.79 Å². The smallest absolute Gasteiger partial charge is 0.227 e. The average molecular weight is 235 g/mol. The van der Waals surface area contributed by atoms with Crippen LogP contribution < -0.4 is 4.90 Å². The molecule has 1 aromatic rings. The molecule has 1 saturated heterocycles. The van der Waals surface area contributed by atoms with Crippen LogP contribution in [0.2, 0.25) is 0 Å². The van der Waals surface area contributed by atoms with Crippen LogP contribution in [0.3, 0.4) is 0 Å². The summed E-state index contributed by atoms with van der Waals surface area (Å²) in [7, 11) is 0. The zero-order valence-corrected chi connectivity index (χ0v) is 10.6. The molecule has 1 heterocycles. The summed E-state index contributed by atoms with van der Waals surface area (Å²) in [5.41, 5.74) is 3.45. The summed E-state index contributed by atoms with van der Waals surface area (Å²) in [5, 5.41) is 0. The summed E-state index contributed by atoms with van der Waals surface area (Å²) < 4.78 is 0. The Hall–Kier alpha value is -0.960. The monoisotopic (exact) mass is 235 g/mol. The number of anilines is 1. The zero-order valence-electron chi connectivity index (χ0n) is 9.73. The van der Waals surface area contributed by atoms with Crippen LogP contribution in [0.25, 0.3) is 0 Å². The predicted molar refractivity (Wildman–Crippen MR) is 70.2 cm³/mol. The Labute approximate surface area is 102 Å². The molecular formula is C13H17NOS. The van der Waals surface area contributed by atoms with Crippen LogP contribution in [0.5, 0.6) is 0 Å². The molecule has 0 aliphatic carbocycles. The van der Waals surface area contributed by atoms with Crippen LogP contribution in [0, 0.1) is 19.8 Å². The molecule has 86 valence electrons. The number of benzene rings is 1. The molecule has 1 amide bonds. The molecule has 1 aliphatic heterocycles. The van der Waals surface area contributed by atoms with E-state index in [0.29, 0.717) is 12.3 Å². The second-order valence-electron chi connectivity index (χ2n) is 4.60. The van der Waals surface area contributed by atoms with Crippen molar-refractivity contribution in [1.29, 1.82) is 0 Å². The van der Waals surface area contributed by atoms with Gasteiger partial charge in [0.2, 0.25) is 5.91 Å². The average Bonchev–Trinajstić information content (AvgIpc) is 2.58. The fourth-order valence-electron chi connectivity index (χ4n) is 2.26. The van der Waals surface area contributed by atoms with Gasteiger partial charge in [0.1, 0.15) is 0 Å². The third kappa shape index (κ3) is 2.24. The van der Waals surface area contributed by atoms with Gasteiger partial charge in [-0.15, -0.1) is 0 Å². The van der Waals surface area contributed by atoms with Gasteiger partial charge in [0, 0.05) is 18.7 Å². The van der Waals surface area contributed by atoms with E-state index in [9.17, 15) is 4.79 Å². The SMILES string of the molecule is Cc1cc(C)cc(N2CC(CS)CC2=O)c1. The number of carbonyl (C=O) groups is 1. The van der Waals surface area contributed by atoms with Gasteiger partial charge in [-0.25, -0.2) is 0 Å². The van der Waals surface area contributed by atoms with Gasteiger partial charge in [-0.05, 0) is 48.8 Å². The molecule has 0 spiro atoms. The highest BCUT2D eigenvalue weighted by Gasteiger charge is 2.29. The third-order valence-corrected chi connectivity index (χ3v) is 3.50. The van der Waals surface area contributed by atoms with E-state index in [1.54, 1.807) is 0 Å². The van der Waals surface area contributed by atoms with E-state index in [0.717, 1.165) is 18.0 Å². The first-order valence-electron chi connectivity index (χ1n) is 5.59. The maximum Gasteiger partial charge on any atom is 0.227 e. The van der Waals surface area contributed by atoms with Crippen LogP contribution in [-0.2, 0) is 4.79 Å². The van der Waals surface area contributed by atoms with Gasteiger partial charge in [-0.2, -0.15) is 12.6 Å². The van der Waals surface area contributed by atoms with E-state index in [4.69, 9.17) is 0 Å². The van der Waals surface area contributed by atoms with Gasteiger partial charge in [0.15, 0.2) is 0 Å². The maximum absolute atomic E-state index is 11.9. The van der Waals surface area contributed by atoms with Gasteiger partial charge in [-0.1, -0.05) is 6.07 Å². The summed E-state index contributed by atoms with van der Waals surface area (Å²) >= 11 is 4.27. The minimum Gasteiger partial charge on any atom is -0.312 e. The molecule has 1 aromatic carbocycles. The Morgan fingerprint density at radius 3 is 2.44 bits per heavy atom. The van der Waals surface area contributed by atoms with Crippen LogP contribution >= 0.6 is 12.6 Å². The maximum atomic E-state index is 11.9. The predicted octanol–water partition coefficient (Wildman–Crippen LogP) is 2.59. The molecule has 0 aromatic heterocycles. The highest BCUT2D eigenvalue weighted by molar-refractivity contribution is 7.80. The number of aryl methyl sites for hydroxylation is 2. The molecule has 1 unspecified atom stereocenters. The molecule has 1 atom stereocenters. The summed E-state index contributed by atoms with van der Waals surface area (Å²) in [6.45, 7) is 4.94. The zero-order chi connectivity index (χ0) is 11.7. The lowest BCUT2D eigenvalue weighted by molar-refractivity contribution is -0.117. The Bertz CT molecular complexity index is 396. The number of hydrogen-bond donors (Lipinski definition) is 1.